The molecule has 2 amide bonds. The topological polar surface area (TPSA) is 67.2 Å². The Morgan fingerprint density at radius 3 is 2.88 bits per heavy atom. The average molecular weight is 358 g/mol. The fourth-order valence-electron chi connectivity index (χ4n) is 3.66. The molecule has 2 aromatic rings. The van der Waals surface area contributed by atoms with E-state index in [1.807, 2.05) is 32.5 Å². The van der Waals surface area contributed by atoms with Gasteiger partial charge in [-0.15, -0.1) is 0 Å². The molecule has 1 aliphatic heterocycles. The lowest BCUT2D eigenvalue weighted by atomic mass is 10.1. The molecular formula is C18H22N4O2S. The number of amides is 2. The SMILES string of the molecule is O=C(NCc1cc2n(n1)CCN(C(=O)c1ccsc1)C2)C1CCCC1. The summed E-state index contributed by atoms with van der Waals surface area (Å²) in [4.78, 5) is 26.5. The van der Waals surface area contributed by atoms with Crippen molar-refractivity contribution in [3.05, 3.63) is 39.8 Å². The molecule has 1 fully saturated rings. The Balaban J connectivity index is 1.37. The monoisotopic (exact) mass is 358 g/mol. The number of carbonyl (C=O) groups is 2. The van der Waals surface area contributed by atoms with Crippen LogP contribution in [0.4, 0.5) is 0 Å². The first-order valence-electron chi connectivity index (χ1n) is 8.85. The highest BCUT2D eigenvalue weighted by molar-refractivity contribution is 7.08. The fraction of sp³-hybridized carbons (Fsp3) is 0.500. The maximum Gasteiger partial charge on any atom is 0.255 e. The van der Waals surface area contributed by atoms with Gasteiger partial charge in [-0.1, -0.05) is 12.8 Å². The minimum Gasteiger partial charge on any atom is -0.350 e. The van der Waals surface area contributed by atoms with Crippen molar-refractivity contribution in [2.45, 2.75) is 45.3 Å². The Hall–Kier alpha value is -2.15. The van der Waals surface area contributed by atoms with Crippen LogP contribution in [0.1, 0.15) is 47.4 Å². The lowest BCUT2D eigenvalue weighted by Crippen LogP contribution is -2.38. The number of thiophene rings is 1. The minimum absolute atomic E-state index is 0.0739. The Morgan fingerprint density at radius 1 is 1.28 bits per heavy atom. The van der Waals surface area contributed by atoms with Gasteiger partial charge in [-0.2, -0.15) is 16.4 Å². The minimum atomic E-state index is 0.0739. The van der Waals surface area contributed by atoms with Crippen molar-refractivity contribution in [2.75, 3.05) is 6.54 Å². The molecule has 1 aliphatic carbocycles. The van der Waals surface area contributed by atoms with E-state index in [1.165, 1.54) is 11.3 Å². The van der Waals surface area contributed by atoms with Crippen molar-refractivity contribution in [3.8, 4) is 0 Å². The van der Waals surface area contributed by atoms with Gasteiger partial charge in [0, 0.05) is 17.8 Å². The summed E-state index contributed by atoms with van der Waals surface area (Å²) in [6.07, 6.45) is 4.33. The maximum atomic E-state index is 12.5. The molecule has 0 unspecified atom stereocenters. The van der Waals surface area contributed by atoms with Gasteiger partial charge < -0.3 is 10.2 Å². The molecule has 7 heteroatoms. The van der Waals surface area contributed by atoms with Crippen molar-refractivity contribution in [1.82, 2.24) is 20.0 Å². The molecule has 4 rings (SSSR count). The normalized spacial score (nSPS) is 17.5. The number of carbonyl (C=O) groups excluding carboxylic acids is 2. The molecule has 2 aromatic heterocycles. The van der Waals surface area contributed by atoms with E-state index >= 15 is 0 Å². The van der Waals surface area contributed by atoms with Crippen LogP contribution in [0.3, 0.4) is 0 Å². The lowest BCUT2D eigenvalue weighted by Gasteiger charge is -2.27. The molecule has 0 saturated heterocycles. The third kappa shape index (κ3) is 3.46. The molecule has 6 nitrogen and oxygen atoms in total. The van der Waals surface area contributed by atoms with Crippen LogP contribution in [0.2, 0.25) is 0 Å². The zero-order valence-electron chi connectivity index (χ0n) is 14.1. The van der Waals surface area contributed by atoms with Gasteiger partial charge >= 0.3 is 0 Å². The highest BCUT2D eigenvalue weighted by atomic mass is 32.1. The van der Waals surface area contributed by atoms with E-state index < -0.39 is 0 Å². The van der Waals surface area contributed by atoms with Gasteiger partial charge in [0.15, 0.2) is 0 Å². The highest BCUT2D eigenvalue weighted by Gasteiger charge is 2.25. The van der Waals surface area contributed by atoms with Gasteiger partial charge in [0.1, 0.15) is 0 Å². The van der Waals surface area contributed by atoms with E-state index in [9.17, 15) is 9.59 Å². The molecular weight excluding hydrogens is 336 g/mol. The number of fused-ring (bicyclic) bond motifs is 1. The number of aromatic nitrogens is 2. The first-order valence-corrected chi connectivity index (χ1v) is 9.80. The average Bonchev–Trinajstić information content (AvgIpc) is 3.39. The van der Waals surface area contributed by atoms with Crippen molar-refractivity contribution in [3.63, 3.8) is 0 Å². The number of nitrogens with zero attached hydrogens (tertiary/aromatic N) is 3. The summed E-state index contributed by atoms with van der Waals surface area (Å²) in [7, 11) is 0. The molecule has 25 heavy (non-hydrogen) atoms. The van der Waals surface area contributed by atoms with Gasteiger partial charge in [0.2, 0.25) is 5.91 Å². The van der Waals surface area contributed by atoms with Gasteiger partial charge in [0.05, 0.1) is 36.6 Å². The summed E-state index contributed by atoms with van der Waals surface area (Å²) in [5.41, 5.74) is 2.65. The van der Waals surface area contributed by atoms with Crippen molar-refractivity contribution in [2.24, 2.45) is 5.92 Å². The van der Waals surface area contributed by atoms with Crippen LogP contribution in [-0.4, -0.2) is 33.0 Å². The quantitative estimate of drug-likeness (QED) is 0.913. The summed E-state index contributed by atoms with van der Waals surface area (Å²) < 4.78 is 1.95. The van der Waals surface area contributed by atoms with Crippen LogP contribution in [0.25, 0.3) is 0 Å². The second-order valence-corrected chi connectivity index (χ2v) is 7.57. The van der Waals surface area contributed by atoms with Crippen molar-refractivity contribution < 1.29 is 9.59 Å². The van der Waals surface area contributed by atoms with Crippen LogP contribution in [0.5, 0.6) is 0 Å². The number of hydrogen-bond donors (Lipinski definition) is 1. The zero-order valence-corrected chi connectivity index (χ0v) is 14.9. The van der Waals surface area contributed by atoms with Crippen LogP contribution in [-0.2, 0) is 24.4 Å². The number of nitrogens with one attached hydrogen (secondary N) is 1. The Morgan fingerprint density at radius 2 is 2.12 bits per heavy atom. The molecule has 0 spiro atoms. The van der Waals surface area contributed by atoms with Crippen LogP contribution < -0.4 is 5.32 Å². The van der Waals surface area contributed by atoms with Crippen LogP contribution in [0, 0.1) is 5.92 Å². The predicted molar refractivity (Wildman–Crippen MR) is 95.1 cm³/mol. The standard InChI is InChI=1S/C18H22N4O2S/c23-17(13-3-1-2-4-13)19-10-15-9-16-11-21(6-7-22(16)20-15)18(24)14-5-8-25-12-14/h5,8-9,12-13H,1-4,6-7,10-11H2,(H,19,23). The molecule has 0 radical (unpaired) electrons. The molecule has 0 bridgehead atoms. The van der Waals surface area contributed by atoms with E-state index in [4.69, 9.17) is 0 Å². The summed E-state index contributed by atoms with van der Waals surface area (Å²) >= 11 is 1.54. The first-order chi connectivity index (χ1) is 12.2. The first kappa shape index (κ1) is 16.3. The van der Waals surface area contributed by atoms with Gasteiger partial charge in [-0.3, -0.25) is 14.3 Å². The van der Waals surface area contributed by atoms with E-state index in [0.717, 1.165) is 42.6 Å². The lowest BCUT2D eigenvalue weighted by molar-refractivity contribution is -0.125. The maximum absolute atomic E-state index is 12.5. The van der Waals surface area contributed by atoms with Gasteiger partial charge in [-0.05, 0) is 30.4 Å². The molecule has 3 heterocycles. The van der Waals surface area contributed by atoms with Crippen LogP contribution in [0.15, 0.2) is 22.9 Å². The highest BCUT2D eigenvalue weighted by Crippen LogP contribution is 2.24. The molecule has 2 aliphatic rings. The third-order valence-electron chi connectivity index (χ3n) is 5.07. The third-order valence-corrected chi connectivity index (χ3v) is 5.76. The summed E-state index contributed by atoms with van der Waals surface area (Å²) in [6, 6.07) is 3.87. The molecule has 132 valence electrons. The fourth-order valence-corrected chi connectivity index (χ4v) is 4.29. The summed E-state index contributed by atoms with van der Waals surface area (Å²) in [5, 5.41) is 11.4. The largest absolute Gasteiger partial charge is 0.350 e. The second kappa shape index (κ2) is 7.00. The Bertz CT molecular complexity index is 762. The van der Waals surface area contributed by atoms with Crippen LogP contribution >= 0.6 is 11.3 Å². The van der Waals surface area contributed by atoms with Gasteiger partial charge in [0.25, 0.3) is 5.91 Å². The van der Waals surface area contributed by atoms with E-state index in [2.05, 4.69) is 10.4 Å². The zero-order chi connectivity index (χ0) is 17.2. The molecule has 0 aromatic carbocycles. The molecule has 0 atom stereocenters. The summed E-state index contributed by atoms with van der Waals surface area (Å²) in [6.45, 7) is 2.39. The van der Waals surface area contributed by atoms with E-state index in [1.54, 1.807) is 0 Å². The van der Waals surface area contributed by atoms with Crippen molar-refractivity contribution >= 4 is 23.2 Å². The Kier molecular flexibility index (Phi) is 4.57. The second-order valence-electron chi connectivity index (χ2n) is 6.79. The number of rotatable bonds is 4. The predicted octanol–water partition coefficient (Wildman–Crippen LogP) is 2.41. The Labute approximate surface area is 150 Å². The molecule has 1 N–H and O–H groups in total. The summed E-state index contributed by atoms with van der Waals surface area (Å²) in [5.74, 6) is 0.401. The van der Waals surface area contributed by atoms with Gasteiger partial charge in [-0.25, -0.2) is 0 Å². The van der Waals surface area contributed by atoms with E-state index in [-0.39, 0.29) is 17.7 Å². The van der Waals surface area contributed by atoms with Crippen molar-refractivity contribution in [1.29, 1.82) is 0 Å². The smallest absolute Gasteiger partial charge is 0.255 e. The number of hydrogen-bond acceptors (Lipinski definition) is 4. The van der Waals surface area contributed by atoms with E-state index in [0.29, 0.717) is 26.2 Å². The molecule has 1 saturated carbocycles.